The van der Waals surface area contributed by atoms with Crippen molar-refractivity contribution in [1.29, 1.82) is 5.41 Å². The molecule has 0 spiro atoms. The Hall–Kier alpha value is -1.28. The molecule has 30 heavy (non-hydrogen) atoms. The van der Waals surface area contributed by atoms with Crippen molar-refractivity contribution < 1.29 is 14.7 Å². The first-order valence-corrected chi connectivity index (χ1v) is 12.8. The Kier molecular flexibility index (Phi) is 9.30. The Labute approximate surface area is 184 Å². The standard InChI is InChI=1S/C22H38N4O3S/c23-19(24-14-16-5-1-6-16)9-4-12-30-18-13-21(28)26(22(18)29)11-3-10-20(27)25-15-17-7-2-8-17/h16-18,21,28H,1-15H2,(H2,23,24)(H,25,27). The zero-order valence-electron chi connectivity index (χ0n) is 18.0. The predicted molar refractivity (Wildman–Crippen MR) is 120 cm³/mol. The van der Waals surface area contributed by atoms with E-state index < -0.39 is 6.23 Å². The van der Waals surface area contributed by atoms with Crippen LogP contribution in [-0.2, 0) is 9.59 Å². The number of hydrogen-bond donors (Lipinski definition) is 4. The molecule has 4 N–H and O–H groups in total. The van der Waals surface area contributed by atoms with Gasteiger partial charge in [0.05, 0.1) is 11.1 Å². The van der Waals surface area contributed by atoms with Gasteiger partial charge in [0, 0.05) is 38.9 Å². The number of likely N-dealkylation sites (tertiary alicyclic amines) is 1. The second-order valence-corrected chi connectivity index (χ2v) is 10.4. The first-order chi connectivity index (χ1) is 14.5. The quantitative estimate of drug-likeness (QED) is 0.201. The summed E-state index contributed by atoms with van der Waals surface area (Å²) in [5.74, 6) is 2.84. The molecule has 1 heterocycles. The number of aliphatic hydroxyl groups is 1. The number of aliphatic hydroxyl groups excluding tert-OH is 1. The molecule has 7 nitrogen and oxygen atoms in total. The van der Waals surface area contributed by atoms with Gasteiger partial charge in [-0.1, -0.05) is 12.8 Å². The average molecular weight is 439 g/mol. The smallest absolute Gasteiger partial charge is 0.237 e. The lowest BCUT2D eigenvalue weighted by Crippen LogP contribution is -2.36. The van der Waals surface area contributed by atoms with Crippen molar-refractivity contribution in [3.8, 4) is 0 Å². The van der Waals surface area contributed by atoms with Crippen molar-refractivity contribution in [1.82, 2.24) is 15.5 Å². The molecule has 1 saturated heterocycles. The number of carbonyl (C=O) groups excluding carboxylic acids is 2. The first kappa shape index (κ1) is 23.4. The van der Waals surface area contributed by atoms with Gasteiger partial charge in [-0.05, 0) is 56.1 Å². The topological polar surface area (TPSA) is 106 Å². The molecular weight excluding hydrogens is 400 g/mol. The summed E-state index contributed by atoms with van der Waals surface area (Å²) in [7, 11) is 0. The maximum atomic E-state index is 12.6. The number of rotatable bonds is 13. The molecule has 3 aliphatic rings. The summed E-state index contributed by atoms with van der Waals surface area (Å²) >= 11 is 1.59. The second-order valence-electron chi connectivity index (χ2n) is 9.07. The molecule has 2 amide bonds. The highest BCUT2D eigenvalue weighted by atomic mass is 32.2. The third-order valence-electron chi connectivity index (χ3n) is 6.68. The molecule has 2 atom stereocenters. The van der Waals surface area contributed by atoms with Gasteiger partial charge >= 0.3 is 0 Å². The van der Waals surface area contributed by atoms with Gasteiger partial charge in [-0.2, -0.15) is 0 Å². The maximum Gasteiger partial charge on any atom is 0.237 e. The van der Waals surface area contributed by atoms with Crippen LogP contribution < -0.4 is 10.6 Å². The van der Waals surface area contributed by atoms with Gasteiger partial charge < -0.3 is 20.6 Å². The van der Waals surface area contributed by atoms with E-state index in [1.165, 1.54) is 43.4 Å². The minimum Gasteiger partial charge on any atom is -0.374 e. The van der Waals surface area contributed by atoms with Crippen LogP contribution in [0.5, 0.6) is 0 Å². The molecular formula is C22H38N4O3S. The van der Waals surface area contributed by atoms with Crippen LogP contribution in [0.25, 0.3) is 0 Å². The van der Waals surface area contributed by atoms with Crippen LogP contribution in [0, 0.1) is 17.2 Å². The van der Waals surface area contributed by atoms with Crippen LogP contribution in [-0.4, -0.2) is 64.5 Å². The third-order valence-corrected chi connectivity index (χ3v) is 8.00. The van der Waals surface area contributed by atoms with Crippen LogP contribution in [0.1, 0.15) is 70.6 Å². The molecule has 2 unspecified atom stereocenters. The zero-order chi connectivity index (χ0) is 21.3. The highest BCUT2D eigenvalue weighted by Gasteiger charge is 2.38. The number of amidine groups is 1. The van der Waals surface area contributed by atoms with Crippen LogP contribution >= 0.6 is 11.8 Å². The van der Waals surface area contributed by atoms with Gasteiger partial charge in [-0.3, -0.25) is 15.0 Å². The Bertz CT molecular complexity index is 595. The van der Waals surface area contributed by atoms with Gasteiger partial charge in [-0.15, -0.1) is 11.8 Å². The second kappa shape index (κ2) is 11.9. The number of nitrogens with one attached hydrogen (secondary N) is 3. The lowest BCUT2D eigenvalue weighted by atomic mass is 9.85. The van der Waals surface area contributed by atoms with Crippen molar-refractivity contribution in [2.75, 3.05) is 25.4 Å². The molecule has 8 heteroatoms. The van der Waals surface area contributed by atoms with Crippen LogP contribution in [0.2, 0.25) is 0 Å². The predicted octanol–water partition coefficient (Wildman–Crippen LogP) is 2.48. The normalized spacial score (nSPS) is 24.4. The molecule has 0 bridgehead atoms. The number of amides is 2. The largest absolute Gasteiger partial charge is 0.374 e. The van der Waals surface area contributed by atoms with Gasteiger partial charge in [0.1, 0.15) is 6.23 Å². The molecule has 2 saturated carbocycles. The van der Waals surface area contributed by atoms with Crippen LogP contribution in [0.15, 0.2) is 0 Å². The van der Waals surface area contributed by atoms with Crippen LogP contribution in [0.3, 0.4) is 0 Å². The molecule has 0 aromatic heterocycles. The summed E-state index contributed by atoms with van der Waals surface area (Å²) in [6, 6.07) is 0. The summed E-state index contributed by atoms with van der Waals surface area (Å²) in [4.78, 5) is 26.0. The Balaban J connectivity index is 1.24. The van der Waals surface area contributed by atoms with E-state index >= 15 is 0 Å². The van der Waals surface area contributed by atoms with E-state index in [1.807, 2.05) is 0 Å². The molecule has 0 aromatic carbocycles. The minimum absolute atomic E-state index is 0.0134. The molecule has 0 radical (unpaired) electrons. The number of hydrogen-bond acceptors (Lipinski definition) is 5. The van der Waals surface area contributed by atoms with E-state index in [9.17, 15) is 14.7 Å². The van der Waals surface area contributed by atoms with Gasteiger partial charge in [0.15, 0.2) is 0 Å². The summed E-state index contributed by atoms with van der Waals surface area (Å²) in [5, 5.41) is 24.2. The number of nitrogens with zero attached hydrogens (tertiary/aromatic N) is 1. The van der Waals surface area contributed by atoms with Gasteiger partial charge in [-0.25, -0.2) is 0 Å². The SMILES string of the molecule is N=C(CCCSC1CC(O)N(CCCC(=O)NCC2CCC2)C1=O)NCC1CCC1. The van der Waals surface area contributed by atoms with Crippen molar-refractivity contribution in [3.05, 3.63) is 0 Å². The van der Waals surface area contributed by atoms with E-state index in [2.05, 4.69) is 10.6 Å². The van der Waals surface area contributed by atoms with E-state index in [1.54, 1.807) is 11.8 Å². The minimum atomic E-state index is -0.740. The summed E-state index contributed by atoms with van der Waals surface area (Å²) in [5.41, 5.74) is 0. The number of thioether (sulfide) groups is 1. The van der Waals surface area contributed by atoms with Crippen LogP contribution in [0.4, 0.5) is 0 Å². The highest BCUT2D eigenvalue weighted by molar-refractivity contribution is 8.00. The Morgan fingerprint density at radius 2 is 1.73 bits per heavy atom. The van der Waals surface area contributed by atoms with Crippen molar-refractivity contribution in [2.45, 2.75) is 82.1 Å². The van der Waals surface area contributed by atoms with E-state index in [0.717, 1.165) is 31.2 Å². The van der Waals surface area contributed by atoms with Gasteiger partial charge in [0.25, 0.3) is 0 Å². The van der Waals surface area contributed by atoms with E-state index in [0.29, 0.717) is 44.0 Å². The lowest BCUT2D eigenvalue weighted by molar-refractivity contribution is -0.133. The highest BCUT2D eigenvalue weighted by Crippen LogP contribution is 2.29. The Morgan fingerprint density at radius 1 is 1.07 bits per heavy atom. The fourth-order valence-electron chi connectivity index (χ4n) is 4.13. The maximum absolute atomic E-state index is 12.6. The average Bonchev–Trinajstić information content (AvgIpc) is 2.90. The van der Waals surface area contributed by atoms with Gasteiger partial charge in [0.2, 0.25) is 11.8 Å². The summed E-state index contributed by atoms with van der Waals surface area (Å²) in [6.45, 7) is 2.13. The van der Waals surface area contributed by atoms with Crippen molar-refractivity contribution >= 4 is 29.4 Å². The zero-order valence-corrected chi connectivity index (χ0v) is 18.9. The molecule has 3 fully saturated rings. The fourth-order valence-corrected chi connectivity index (χ4v) is 5.31. The Morgan fingerprint density at radius 3 is 2.37 bits per heavy atom. The van der Waals surface area contributed by atoms with Crippen molar-refractivity contribution in [2.24, 2.45) is 11.8 Å². The van der Waals surface area contributed by atoms with E-state index in [-0.39, 0.29) is 17.1 Å². The third kappa shape index (κ3) is 7.15. The number of carbonyl (C=O) groups is 2. The molecule has 2 aliphatic carbocycles. The summed E-state index contributed by atoms with van der Waals surface area (Å²) in [6.07, 6.45) is 9.86. The monoisotopic (exact) mass is 438 g/mol. The first-order valence-electron chi connectivity index (χ1n) is 11.7. The molecule has 1 aliphatic heterocycles. The molecule has 170 valence electrons. The lowest BCUT2D eigenvalue weighted by Gasteiger charge is -2.25. The fraction of sp³-hybridized carbons (Fsp3) is 0.864. The summed E-state index contributed by atoms with van der Waals surface area (Å²) < 4.78 is 0. The van der Waals surface area contributed by atoms with E-state index in [4.69, 9.17) is 5.41 Å². The van der Waals surface area contributed by atoms with Crippen molar-refractivity contribution in [3.63, 3.8) is 0 Å². The molecule has 3 rings (SSSR count). The molecule has 0 aromatic rings.